The van der Waals surface area contributed by atoms with Gasteiger partial charge in [0.15, 0.2) is 0 Å². The van der Waals surface area contributed by atoms with Crippen LogP contribution in [0.3, 0.4) is 0 Å². The van der Waals surface area contributed by atoms with Gasteiger partial charge in [0.2, 0.25) is 0 Å². The summed E-state index contributed by atoms with van der Waals surface area (Å²) in [6.07, 6.45) is 4.05. The lowest BCUT2D eigenvalue weighted by Crippen LogP contribution is -2.41. The van der Waals surface area contributed by atoms with E-state index in [4.69, 9.17) is 4.74 Å². The van der Waals surface area contributed by atoms with Crippen LogP contribution < -0.4 is 5.32 Å². The van der Waals surface area contributed by atoms with Gasteiger partial charge < -0.3 is 15.0 Å². The Kier molecular flexibility index (Phi) is 6.21. The zero-order chi connectivity index (χ0) is 15.1. The van der Waals surface area contributed by atoms with Crippen LogP contribution in [0.5, 0.6) is 0 Å². The number of rotatable bonds is 6. The third-order valence-electron chi connectivity index (χ3n) is 4.01. The lowest BCUT2D eigenvalue weighted by atomic mass is 10.1. The van der Waals surface area contributed by atoms with E-state index in [-0.39, 0.29) is 5.97 Å². The fourth-order valence-electron chi connectivity index (χ4n) is 2.76. The van der Waals surface area contributed by atoms with E-state index in [2.05, 4.69) is 17.1 Å². The molecular weight excluding hydrogens is 264 g/mol. The Bertz CT molecular complexity index is 439. The molecule has 116 valence electrons. The highest BCUT2D eigenvalue weighted by molar-refractivity contribution is 5.89. The van der Waals surface area contributed by atoms with Crippen LogP contribution in [0, 0.1) is 0 Å². The van der Waals surface area contributed by atoms with E-state index in [1.165, 1.54) is 45.0 Å². The number of likely N-dealkylation sites (tertiary alicyclic amines) is 1. The molecule has 21 heavy (non-hydrogen) atoms. The molecule has 4 heteroatoms. The van der Waals surface area contributed by atoms with Crippen molar-refractivity contribution in [2.45, 2.75) is 38.8 Å². The normalized spacial score (nSPS) is 17.4. The van der Waals surface area contributed by atoms with Crippen LogP contribution >= 0.6 is 0 Å². The second-order valence-electron chi connectivity index (χ2n) is 5.83. The number of hydrogen-bond acceptors (Lipinski definition) is 4. The fourth-order valence-corrected chi connectivity index (χ4v) is 2.76. The third-order valence-corrected chi connectivity index (χ3v) is 4.01. The maximum atomic E-state index is 11.4. The van der Waals surface area contributed by atoms with E-state index < -0.39 is 0 Å². The summed E-state index contributed by atoms with van der Waals surface area (Å²) in [6, 6.07) is 8.07. The Morgan fingerprint density at radius 1 is 1.24 bits per heavy atom. The molecule has 1 aliphatic rings. The van der Waals surface area contributed by atoms with Crippen LogP contribution in [0.4, 0.5) is 0 Å². The minimum atomic E-state index is -0.284. The van der Waals surface area contributed by atoms with Gasteiger partial charge in [0, 0.05) is 19.1 Å². The molecule has 1 aromatic carbocycles. The summed E-state index contributed by atoms with van der Waals surface area (Å²) in [5, 5.41) is 3.55. The van der Waals surface area contributed by atoms with Gasteiger partial charge in [-0.3, -0.25) is 0 Å². The van der Waals surface area contributed by atoms with Crippen molar-refractivity contribution < 1.29 is 9.53 Å². The second kappa shape index (κ2) is 8.15. The standard InChI is InChI=1S/C17H26N2O2/c1-14(13-19-10-4-3-5-11-19)18-12-15-6-8-16(9-7-15)17(20)21-2/h6-9,14,18H,3-5,10-13H2,1-2H3. The van der Waals surface area contributed by atoms with Crippen molar-refractivity contribution in [3.8, 4) is 0 Å². The van der Waals surface area contributed by atoms with Crippen LogP contribution in [0.25, 0.3) is 0 Å². The molecule has 2 rings (SSSR count). The number of hydrogen-bond donors (Lipinski definition) is 1. The molecule has 1 aliphatic heterocycles. The van der Waals surface area contributed by atoms with Crippen molar-refractivity contribution in [3.05, 3.63) is 35.4 Å². The van der Waals surface area contributed by atoms with E-state index in [9.17, 15) is 4.79 Å². The van der Waals surface area contributed by atoms with Gasteiger partial charge in [-0.2, -0.15) is 0 Å². The molecule has 1 fully saturated rings. The molecule has 0 aromatic heterocycles. The van der Waals surface area contributed by atoms with Crippen LogP contribution in [0.1, 0.15) is 42.1 Å². The molecule has 1 N–H and O–H groups in total. The molecular formula is C17H26N2O2. The van der Waals surface area contributed by atoms with Crippen molar-refractivity contribution in [2.75, 3.05) is 26.7 Å². The van der Waals surface area contributed by atoms with Crippen LogP contribution in [-0.4, -0.2) is 43.7 Å². The highest BCUT2D eigenvalue weighted by Crippen LogP contribution is 2.09. The van der Waals surface area contributed by atoms with Crippen LogP contribution in [-0.2, 0) is 11.3 Å². The van der Waals surface area contributed by atoms with Crippen molar-refractivity contribution >= 4 is 5.97 Å². The molecule has 0 radical (unpaired) electrons. The first-order valence-corrected chi connectivity index (χ1v) is 7.82. The average Bonchev–Trinajstić information content (AvgIpc) is 2.53. The van der Waals surface area contributed by atoms with Gasteiger partial charge in [-0.25, -0.2) is 4.79 Å². The number of methoxy groups -OCH3 is 1. The molecule has 0 spiro atoms. The molecule has 1 atom stereocenters. The minimum Gasteiger partial charge on any atom is -0.465 e. The molecule has 1 saturated heterocycles. The SMILES string of the molecule is COC(=O)c1ccc(CNC(C)CN2CCCCC2)cc1. The zero-order valence-electron chi connectivity index (χ0n) is 13.1. The van der Waals surface area contributed by atoms with Gasteiger partial charge in [-0.05, 0) is 50.6 Å². The smallest absolute Gasteiger partial charge is 0.337 e. The first-order valence-electron chi connectivity index (χ1n) is 7.82. The second-order valence-corrected chi connectivity index (χ2v) is 5.83. The molecule has 0 saturated carbocycles. The molecule has 0 bridgehead atoms. The summed E-state index contributed by atoms with van der Waals surface area (Å²) in [4.78, 5) is 13.9. The Balaban J connectivity index is 1.75. The maximum Gasteiger partial charge on any atom is 0.337 e. The van der Waals surface area contributed by atoms with Crippen LogP contribution in [0.15, 0.2) is 24.3 Å². The highest BCUT2D eigenvalue weighted by atomic mass is 16.5. The first kappa shape index (κ1) is 16.0. The highest BCUT2D eigenvalue weighted by Gasteiger charge is 2.13. The Hall–Kier alpha value is -1.39. The number of benzene rings is 1. The predicted octanol–water partition coefficient (Wildman–Crippen LogP) is 2.44. The quantitative estimate of drug-likeness (QED) is 0.817. The van der Waals surface area contributed by atoms with Crippen molar-refractivity contribution in [2.24, 2.45) is 0 Å². The Labute approximate surface area is 127 Å². The van der Waals surface area contributed by atoms with Gasteiger partial charge in [-0.1, -0.05) is 18.6 Å². The molecule has 1 heterocycles. The molecule has 1 unspecified atom stereocenters. The zero-order valence-corrected chi connectivity index (χ0v) is 13.1. The van der Waals surface area contributed by atoms with E-state index >= 15 is 0 Å². The summed E-state index contributed by atoms with van der Waals surface area (Å²) in [5.74, 6) is -0.284. The topological polar surface area (TPSA) is 41.6 Å². The number of ether oxygens (including phenoxy) is 1. The summed E-state index contributed by atoms with van der Waals surface area (Å²) < 4.78 is 4.70. The summed E-state index contributed by atoms with van der Waals surface area (Å²) in [7, 11) is 1.40. The predicted molar refractivity (Wildman–Crippen MR) is 84.4 cm³/mol. The van der Waals surface area contributed by atoms with Gasteiger partial charge in [-0.15, -0.1) is 0 Å². The number of nitrogens with zero attached hydrogens (tertiary/aromatic N) is 1. The van der Waals surface area contributed by atoms with Crippen molar-refractivity contribution in [3.63, 3.8) is 0 Å². The number of carbonyl (C=O) groups excluding carboxylic acids is 1. The monoisotopic (exact) mass is 290 g/mol. The third kappa shape index (κ3) is 5.14. The van der Waals surface area contributed by atoms with Gasteiger partial charge in [0.25, 0.3) is 0 Å². The van der Waals surface area contributed by atoms with Crippen LogP contribution in [0.2, 0.25) is 0 Å². The van der Waals surface area contributed by atoms with E-state index in [0.29, 0.717) is 11.6 Å². The average molecular weight is 290 g/mol. The number of carbonyl (C=O) groups is 1. The van der Waals surface area contributed by atoms with E-state index in [1.807, 2.05) is 24.3 Å². The van der Waals surface area contributed by atoms with Gasteiger partial charge in [0.1, 0.15) is 0 Å². The number of piperidine rings is 1. The van der Waals surface area contributed by atoms with Gasteiger partial charge >= 0.3 is 5.97 Å². The van der Waals surface area contributed by atoms with E-state index in [1.54, 1.807) is 0 Å². The minimum absolute atomic E-state index is 0.284. The van der Waals surface area contributed by atoms with Crippen molar-refractivity contribution in [1.82, 2.24) is 10.2 Å². The lowest BCUT2D eigenvalue weighted by molar-refractivity contribution is 0.0600. The van der Waals surface area contributed by atoms with Crippen molar-refractivity contribution in [1.29, 1.82) is 0 Å². The first-order chi connectivity index (χ1) is 10.2. The number of esters is 1. The summed E-state index contributed by atoms with van der Waals surface area (Å²) in [5.41, 5.74) is 1.79. The Morgan fingerprint density at radius 3 is 2.52 bits per heavy atom. The number of nitrogens with one attached hydrogen (secondary N) is 1. The largest absolute Gasteiger partial charge is 0.465 e. The van der Waals surface area contributed by atoms with E-state index in [0.717, 1.165) is 13.1 Å². The maximum absolute atomic E-state index is 11.4. The molecule has 1 aromatic rings. The van der Waals surface area contributed by atoms with Gasteiger partial charge in [0.05, 0.1) is 12.7 Å². The molecule has 4 nitrogen and oxygen atoms in total. The lowest BCUT2D eigenvalue weighted by Gasteiger charge is -2.29. The summed E-state index contributed by atoms with van der Waals surface area (Å²) in [6.45, 7) is 6.65. The summed E-state index contributed by atoms with van der Waals surface area (Å²) >= 11 is 0. The fraction of sp³-hybridized carbons (Fsp3) is 0.588. The molecule has 0 aliphatic carbocycles. The Morgan fingerprint density at radius 2 is 1.90 bits per heavy atom. The molecule has 0 amide bonds.